The summed E-state index contributed by atoms with van der Waals surface area (Å²) < 4.78 is 41.6. The number of hydrogen-bond donors (Lipinski definition) is 3. The molecule has 13 nitrogen and oxygen atoms in total. The SMILES string of the molecule is C1CCCC1.O=C1CCC(c2ccc(N3CCC(CN4CCN(c5ccc(S(=O)N6CCC(Nc7ncc8cc(C(F)F)c(=O)[nH]c8n7)CC6)cc5)CC4)CC3)cc2)C(=O)N1. The topological polar surface area (TPSA) is 147 Å². The summed E-state index contributed by atoms with van der Waals surface area (Å²) in [5.74, 6) is 0.343. The van der Waals surface area contributed by atoms with Crippen molar-refractivity contribution in [3.63, 3.8) is 0 Å². The van der Waals surface area contributed by atoms with Crippen molar-refractivity contribution in [2.75, 3.05) is 74.0 Å². The molecule has 1 saturated carbocycles. The van der Waals surface area contributed by atoms with Crippen molar-refractivity contribution in [1.82, 2.24) is 29.5 Å². The Morgan fingerprint density at radius 3 is 2.02 bits per heavy atom. The van der Waals surface area contributed by atoms with E-state index in [0.29, 0.717) is 43.2 Å². The minimum Gasteiger partial charge on any atom is -0.372 e. The molecule has 1 aliphatic carbocycles. The van der Waals surface area contributed by atoms with Crippen molar-refractivity contribution in [3.8, 4) is 0 Å². The second-order valence-corrected chi connectivity index (χ2v) is 18.5. The van der Waals surface area contributed by atoms with Gasteiger partial charge in [-0.15, -0.1) is 0 Å². The second-order valence-electron chi connectivity index (χ2n) is 17.0. The van der Waals surface area contributed by atoms with E-state index in [1.54, 1.807) is 0 Å². The first-order valence-electron chi connectivity index (χ1n) is 22.0. The number of amides is 2. The summed E-state index contributed by atoms with van der Waals surface area (Å²) in [5.41, 5.74) is 2.03. The largest absolute Gasteiger partial charge is 0.372 e. The van der Waals surface area contributed by atoms with Crippen molar-refractivity contribution in [2.45, 2.75) is 93.9 Å². The van der Waals surface area contributed by atoms with Crippen LogP contribution >= 0.6 is 0 Å². The van der Waals surface area contributed by atoms with E-state index in [4.69, 9.17) is 0 Å². The molecule has 16 heteroatoms. The van der Waals surface area contributed by atoms with Gasteiger partial charge in [-0.05, 0) is 86.1 Å². The number of carbonyl (C=O) groups excluding carboxylic acids is 2. The number of fused-ring (bicyclic) bond motifs is 1. The molecule has 2 aromatic carbocycles. The van der Waals surface area contributed by atoms with Gasteiger partial charge in [-0.1, -0.05) is 44.2 Å². The van der Waals surface area contributed by atoms with Gasteiger partial charge in [0.25, 0.3) is 12.0 Å². The van der Waals surface area contributed by atoms with Crippen LogP contribution in [0.4, 0.5) is 26.1 Å². The number of aromatic nitrogens is 3. The highest BCUT2D eigenvalue weighted by atomic mass is 32.2. The number of piperazine rings is 1. The number of imide groups is 1. The van der Waals surface area contributed by atoms with Crippen molar-refractivity contribution < 1.29 is 22.6 Å². The Labute approximate surface area is 358 Å². The third-order valence-electron chi connectivity index (χ3n) is 12.9. The van der Waals surface area contributed by atoms with E-state index < -0.39 is 28.5 Å². The highest BCUT2D eigenvalue weighted by Gasteiger charge is 2.29. The molecule has 0 bridgehead atoms. The van der Waals surface area contributed by atoms with Gasteiger partial charge in [0.05, 0.1) is 16.4 Å². The molecule has 326 valence electrons. The van der Waals surface area contributed by atoms with Gasteiger partial charge in [0, 0.05) is 94.3 Å². The first kappa shape index (κ1) is 42.9. The summed E-state index contributed by atoms with van der Waals surface area (Å²) in [7, 11) is -1.28. The predicted octanol–water partition coefficient (Wildman–Crippen LogP) is 6.36. The van der Waals surface area contributed by atoms with Gasteiger partial charge < -0.3 is 20.1 Å². The van der Waals surface area contributed by atoms with Crippen molar-refractivity contribution in [2.24, 2.45) is 5.92 Å². The van der Waals surface area contributed by atoms with Gasteiger partial charge in [0.15, 0.2) is 0 Å². The zero-order valence-corrected chi connectivity index (χ0v) is 35.5. The Morgan fingerprint density at radius 1 is 0.770 bits per heavy atom. The van der Waals surface area contributed by atoms with Crippen LogP contribution in [0.25, 0.3) is 11.0 Å². The molecule has 0 spiro atoms. The van der Waals surface area contributed by atoms with Crippen LogP contribution in [-0.4, -0.2) is 105 Å². The van der Waals surface area contributed by atoms with Crippen LogP contribution in [0.1, 0.15) is 94.1 Å². The van der Waals surface area contributed by atoms with E-state index in [-0.39, 0.29) is 29.4 Å². The van der Waals surface area contributed by atoms with E-state index >= 15 is 0 Å². The minimum absolute atomic E-state index is 0.0414. The maximum absolute atomic E-state index is 13.5. The fraction of sp³-hybridized carbons (Fsp3) is 0.533. The zero-order chi connectivity index (χ0) is 42.3. The molecule has 3 N–H and O–H groups in total. The number of nitrogens with one attached hydrogen (secondary N) is 3. The van der Waals surface area contributed by atoms with Crippen LogP contribution < -0.4 is 26.0 Å². The Kier molecular flexibility index (Phi) is 14.0. The first-order valence-corrected chi connectivity index (χ1v) is 23.1. The molecule has 2 atom stereocenters. The number of aromatic amines is 1. The standard InChI is InChI=1S/C40H47F2N9O4S.C5H10/c41-36(42)34-23-28-24-43-40(47-37(28)46-39(34)54)44-29-13-17-51(18-14-29)56(55)32-7-5-31(6-8-32)50-21-19-48(20-22-50)25-26-11-15-49(16-12-26)30-3-1-27(2-4-30)33-9-10-35(52)45-38(33)53;1-2-4-5-3-1/h1-8,23-24,26,29,33,36H,9-22,25H2,(H,45,52,53)(H2,43,44,46,47,54);1-5H2. The maximum Gasteiger partial charge on any atom is 0.269 e. The quantitative estimate of drug-likeness (QED) is 0.154. The minimum atomic E-state index is -2.88. The van der Waals surface area contributed by atoms with Gasteiger partial charge in [-0.2, -0.15) is 4.98 Å². The maximum atomic E-state index is 13.5. The average molecular weight is 858 g/mol. The number of piperidine rings is 3. The molecule has 2 unspecified atom stereocenters. The fourth-order valence-electron chi connectivity index (χ4n) is 9.25. The summed E-state index contributed by atoms with van der Waals surface area (Å²) in [6.45, 7) is 8.32. The van der Waals surface area contributed by atoms with Crippen LogP contribution in [0.5, 0.6) is 0 Å². The average Bonchev–Trinajstić information content (AvgIpc) is 3.88. The van der Waals surface area contributed by atoms with Crippen molar-refractivity contribution in [1.29, 1.82) is 0 Å². The number of rotatable bonds is 10. The lowest BCUT2D eigenvalue weighted by molar-refractivity contribution is -0.134. The lowest BCUT2D eigenvalue weighted by atomic mass is 9.90. The van der Waals surface area contributed by atoms with Crippen LogP contribution in [0.15, 0.2) is 70.5 Å². The highest BCUT2D eigenvalue weighted by Crippen LogP contribution is 2.30. The first-order chi connectivity index (χ1) is 29.7. The lowest BCUT2D eigenvalue weighted by Crippen LogP contribution is -2.49. The third-order valence-corrected chi connectivity index (χ3v) is 14.4. The lowest BCUT2D eigenvalue weighted by Gasteiger charge is -2.40. The van der Waals surface area contributed by atoms with E-state index in [9.17, 15) is 27.4 Å². The Morgan fingerprint density at radius 2 is 1.39 bits per heavy atom. The van der Waals surface area contributed by atoms with E-state index in [1.807, 2.05) is 28.6 Å². The molecule has 4 aliphatic heterocycles. The van der Waals surface area contributed by atoms with Crippen LogP contribution in [-0.2, 0) is 20.6 Å². The molecule has 2 aromatic heterocycles. The Balaban J connectivity index is 0.000000959. The van der Waals surface area contributed by atoms with Gasteiger partial charge in [0.2, 0.25) is 17.8 Å². The molecule has 9 rings (SSSR count). The predicted molar refractivity (Wildman–Crippen MR) is 234 cm³/mol. The summed E-state index contributed by atoms with van der Waals surface area (Å²) in [6, 6.07) is 17.6. The summed E-state index contributed by atoms with van der Waals surface area (Å²) in [6.07, 6.45) is 10.7. The van der Waals surface area contributed by atoms with Gasteiger partial charge >= 0.3 is 0 Å². The van der Waals surface area contributed by atoms with E-state index in [2.05, 4.69) is 64.6 Å². The number of H-pyrrole nitrogens is 1. The second kappa shape index (κ2) is 19.9. The number of pyridine rings is 1. The third kappa shape index (κ3) is 10.8. The Bertz CT molecular complexity index is 2190. The molecule has 5 fully saturated rings. The number of hydrogen-bond acceptors (Lipinski definition) is 10. The molecule has 0 radical (unpaired) electrons. The highest BCUT2D eigenvalue weighted by molar-refractivity contribution is 7.82. The summed E-state index contributed by atoms with van der Waals surface area (Å²) in [5, 5.41) is 6.07. The normalized spacial score (nSPS) is 21.7. The fourth-order valence-corrected chi connectivity index (χ4v) is 10.5. The smallest absolute Gasteiger partial charge is 0.269 e. The molecule has 4 saturated heterocycles. The van der Waals surface area contributed by atoms with Gasteiger partial charge in [-0.25, -0.2) is 22.3 Å². The van der Waals surface area contributed by atoms with Crippen LogP contribution in [0.2, 0.25) is 0 Å². The van der Waals surface area contributed by atoms with Gasteiger partial charge in [-0.3, -0.25) is 24.6 Å². The van der Waals surface area contributed by atoms with Crippen molar-refractivity contribution in [3.05, 3.63) is 82.3 Å². The molecule has 2 amide bonds. The molecular weight excluding hydrogens is 801 g/mol. The van der Waals surface area contributed by atoms with Crippen LogP contribution in [0, 0.1) is 5.92 Å². The van der Waals surface area contributed by atoms with Crippen molar-refractivity contribution >= 4 is 51.2 Å². The molecule has 4 aromatic rings. The molecular formula is C45H57F2N9O4S. The molecule has 61 heavy (non-hydrogen) atoms. The Hall–Kier alpha value is -4.80. The molecule has 5 aliphatic rings. The van der Waals surface area contributed by atoms with E-state index in [0.717, 1.165) is 93.7 Å². The number of alkyl halides is 2. The monoisotopic (exact) mass is 857 g/mol. The van der Waals surface area contributed by atoms with Crippen LogP contribution in [0.3, 0.4) is 0 Å². The van der Waals surface area contributed by atoms with Gasteiger partial charge in [0.1, 0.15) is 16.6 Å². The number of benzene rings is 2. The number of anilines is 3. The number of carbonyl (C=O) groups is 2. The zero-order valence-electron chi connectivity index (χ0n) is 34.7. The molecule has 6 heterocycles. The summed E-state index contributed by atoms with van der Waals surface area (Å²) in [4.78, 5) is 55.0. The number of nitrogens with zero attached hydrogens (tertiary/aromatic N) is 6. The van der Waals surface area contributed by atoms with E-state index in [1.165, 1.54) is 44.0 Å². The number of halogens is 2. The summed E-state index contributed by atoms with van der Waals surface area (Å²) >= 11 is 0.